The number of hydrogen-bond acceptors (Lipinski definition) is 2. The van der Waals surface area contributed by atoms with Crippen molar-refractivity contribution in [3.63, 3.8) is 0 Å². The average molecular weight is 488 g/mol. The van der Waals surface area contributed by atoms with Crippen molar-refractivity contribution < 1.29 is 17.9 Å². The Kier molecular flexibility index (Phi) is 7.98. The van der Waals surface area contributed by atoms with Gasteiger partial charge in [-0.2, -0.15) is 13.2 Å². The van der Waals surface area contributed by atoms with Gasteiger partial charge in [0.25, 0.3) is 0 Å². The molecule has 0 radical (unpaired) electrons. The standard InChI is InChI=1S/C28H29ClF3NO/c1-19(26(22-8-6-5-7-9-22)18-21-10-14-24(29)15-11-21)33-20(2)27(3,4)34-25-16-12-23(13-17-25)28(30,31)32/h5-17,19,26,33H,2,18H2,1,3-4H3/t19-,26?/m0/s1. The monoisotopic (exact) mass is 487 g/mol. The summed E-state index contributed by atoms with van der Waals surface area (Å²) in [5.41, 5.74) is 1.42. The molecule has 34 heavy (non-hydrogen) atoms. The molecule has 0 amide bonds. The van der Waals surface area contributed by atoms with Crippen molar-refractivity contribution in [3.8, 4) is 5.75 Å². The lowest BCUT2D eigenvalue weighted by Gasteiger charge is -2.34. The number of nitrogens with one attached hydrogen (secondary N) is 1. The van der Waals surface area contributed by atoms with E-state index in [1.807, 2.05) is 56.3 Å². The second-order valence-electron chi connectivity index (χ2n) is 8.89. The maximum absolute atomic E-state index is 12.8. The molecule has 0 saturated heterocycles. The minimum Gasteiger partial charge on any atom is -0.482 e. The van der Waals surface area contributed by atoms with E-state index in [4.69, 9.17) is 16.3 Å². The molecule has 0 fully saturated rings. The highest BCUT2D eigenvalue weighted by molar-refractivity contribution is 6.30. The summed E-state index contributed by atoms with van der Waals surface area (Å²) >= 11 is 6.05. The molecule has 0 aliphatic carbocycles. The van der Waals surface area contributed by atoms with E-state index in [1.165, 1.54) is 17.7 Å². The van der Waals surface area contributed by atoms with E-state index < -0.39 is 17.3 Å². The van der Waals surface area contributed by atoms with E-state index in [1.54, 1.807) is 0 Å². The van der Waals surface area contributed by atoms with Gasteiger partial charge in [0.15, 0.2) is 0 Å². The zero-order chi connectivity index (χ0) is 24.9. The van der Waals surface area contributed by atoms with E-state index >= 15 is 0 Å². The Balaban J connectivity index is 1.73. The van der Waals surface area contributed by atoms with Crippen molar-refractivity contribution in [3.05, 3.63) is 113 Å². The molecule has 0 bridgehead atoms. The lowest BCUT2D eigenvalue weighted by atomic mass is 9.86. The van der Waals surface area contributed by atoms with Gasteiger partial charge in [-0.1, -0.05) is 60.6 Å². The smallest absolute Gasteiger partial charge is 0.416 e. The summed E-state index contributed by atoms with van der Waals surface area (Å²) in [6.45, 7) is 9.94. The van der Waals surface area contributed by atoms with Crippen LogP contribution in [0.25, 0.3) is 0 Å². The van der Waals surface area contributed by atoms with Crippen molar-refractivity contribution in [1.82, 2.24) is 5.32 Å². The normalized spacial score (nSPS) is 13.7. The molecule has 1 N–H and O–H groups in total. The van der Waals surface area contributed by atoms with E-state index in [0.717, 1.165) is 24.1 Å². The van der Waals surface area contributed by atoms with Gasteiger partial charge >= 0.3 is 6.18 Å². The third kappa shape index (κ3) is 6.80. The second-order valence-corrected chi connectivity index (χ2v) is 9.33. The zero-order valence-corrected chi connectivity index (χ0v) is 20.3. The lowest BCUT2D eigenvalue weighted by molar-refractivity contribution is -0.137. The van der Waals surface area contributed by atoms with Crippen LogP contribution in [0.1, 0.15) is 43.4 Å². The summed E-state index contributed by atoms with van der Waals surface area (Å²) in [4.78, 5) is 0. The van der Waals surface area contributed by atoms with Crippen molar-refractivity contribution in [2.45, 2.75) is 50.9 Å². The van der Waals surface area contributed by atoms with Gasteiger partial charge in [-0.25, -0.2) is 0 Å². The molecular weight excluding hydrogens is 459 g/mol. The highest BCUT2D eigenvalue weighted by Crippen LogP contribution is 2.32. The molecule has 0 aromatic heterocycles. The van der Waals surface area contributed by atoms with Gasteiger partial charge in [-0.05, 0) is 74.7 Å². The van der Waals surface area contributed by atoms with Crippen LogP contribution in [0.3, 0.4) is 0 Å². The predicted molar refractivity (Wildman–Crippen MR) is 132 cm³/mol. The summed E-state index contributed by atoms with van der Waals surface area (Å²) in [6, 6.07) is 22.7. The largest absolute Gasteiger partial charge is 0.482 e. The Morgan fingerprint density at radius 1 is 0.941 bits per heavy atom. The third-order valence-corrected chi connectivity index (χ3v) is 6.14. The highest BCUT2D eigenvalue weighted by atomic mass is 35.5. The predicted octanol–water partition coefficient (Wildman–Crippen LogP) is 8.03. The molecule has 2 atom stereocenters. The van der Waals surface area contributed by atoms with Gasteiger partial charge < -0.3 is 10.1 Å². The fourth-order valence-electron chi connectivity index (χ4n) is 3.78. The molecule has 1 unspecified atom stereocenters. The van der Waals surface area contributed by atoms with Crippen LogP contribution >= 0.6 is 11.6 Å². The molecule has 0 heterocycles. The molecule has 3 aromatic carbocycles. The first kappa shape index (κ1) is 25.7. The van der Waals surface area contributed by atoms with Crippen molar-refractivity contribution >= 4 is 11.6 Å². The first-order valence-corrected chi connectivity index (χ1v) is 11.4. The SMILES string of the molecule is C=C(N[C@@H](C)C(Cc1ccc(Cl)cc1)c1ccccc1)C(C)(C)Oc1ccc(C(F)(F)F)cc1. The van der Waals surface area contributed by atoms with Crippen LogP contribution in [0.4, 0.5) is 13.2 Å². The van der Waals surface area contributed by atoms with Crippen LogP contribution < -0.4 is 10.1 Å². The molecule has 180 valence electrons. The van der Waals surface area contributed by atoms with Crippen molar-refractivity contribution in [1.29, 1.82) is 0 Å². The Labute approximate surface area is 204 Å². The van der Waals surface area contributed by atoms with Gasteiger partial charge in [-0.3, -0.25) is 0 Å². The fraction of sp³-hybridized carbons (Fsp3) is 0.286. The molecule has 3 aromatic rings. The summed E-state index contributed by atoms with van der Waals surface area (Å²) in [5.74, 6) is 0.482. The number of alkyl halides is 3. The van der Waals surface area contributed by atoms with Gasteiger partial charge in [0, 0.05) is 22.7 Å². The number of ether oxygens (including phenoxy) is 1. The molecule has 2 nitrogen and oxygen atoms in total. The van der Waals surface area contributed by atoms with Crippen LogP contribution in [-0.4, -0.2) is 11.6 Å². The molecule has 0 spiro atoms. The Morgan fingerprint density at radius 3 is 2.09 bits per heavy atom. The minimum atomic E-state index is -4.38. The van der Waals surface area contributed by atoms with E-state index in [9.17, 15) is 13.2 Å². The molecule has 0 saturated carbocycles. The van der Waals surface area contributed by atoms with Crippen molar-refractivity contribution in [2.75, 3.05) is 0 Å². The zero-order valence-electron chi connectivity index (χ0n) is 19.5. The third-order valence-electron chi connectivity index (χ3n) is 5.88. The van der Waals surface area contributed by atoms with Crippen LogP contribution in [0.2, 0.25) is 5.02 Å². The molecule has 0 aliphatic rings. The number of benzene rings is 3. The van der Waals surface area contributed by atoms with E-state index in [2.05, 4.69) is 31.0 Å². The van der Waals surface area contributed by atoms with Gasteiger partial charge in [0.1, 0.15) is 11.4 Å². The average Bonchev–Trinajstić information content (AvgIpc) is 2.78. The van der Waals surface area contributed by atoms with E-state index in [0.29, 0.717) is 16.5 Å². The summed E-state index contributed by atoms with van der Waals surface area (Å²) in [5, 5.41) is 4.18. The molecule has 3 rings (SSSR count). The minimum absolute atomic E-state index is 0.000980. The second kappa shape index (κ2) is 10.6. The summed E-state index contributed by atoms with van der Waals surface area (Å²) < 4.78 is 44.6. The topological polar surface area (TPSA) is 21.3 Å². The fourth-order valence-corrected chi connectivity index (χ4v) is 3.90. The number of rotatable bonds is 9. The molecule has 0 aliphatic heterocycles. The maximum atomic E-state index is 12.8. The van der Waals surface area contributed by atoms with Crippen LogP contribution in [0.5, 0.6) is 5.75 Å². The van der Waals surface area contributed by atoms with Gasteiger partial charge in [-0.15, -0.1) is 0 Å². The van der Waals surface area contributed by atoms with E-state index in [-0.39, 0.29) is 12.0 Å². The van der Waals surface area contributed by atoms with Crippen LogP contribution in [0, 0.1) is 0 Å². The molecule has 6 heteroatoms. The quantitative estimate of drug-likeness (QED) is 0.330. The van der Waals surface area contributed by atoms with Gasteiger partial charge in [0.05, 0.1) is 5.56 Å². The first-order chi connectivity index (χ1) is 16.0. The summed E-state index contributed by atoms with van der Waals surface area (Å²) in [6.07, 6.45) is -3.59. The van der Waals surface area contributed by atoms with Crippen molar-refractivity contribution in [2.24, 2.45) is 0 Å². The Hall–Kier alpha value is -2.92. The van der Waals surface area contributed by atoms with Crippen LogP contribution in [-0.2, 0) is 12.6 Å². The Morgan fingerprint density at radius 2 is 1.53 bits per heavy atom. The van der Waals surface area contributed by atoms with Gasteiger partial charge in [0.2, 0.25) is 0 Å². The Bertz CT molecular complexity index is 1080. The maximum Gasteiger partial charge on any atom is 0.416 e. The molecular formula is C28H29ClF3NO. The lowest BCUT2D eigenvalue weighted by Crippen LogP contribution is -2.43. The summed E-state index contributed by atoms with van der Waals surface area (Å²) in [7, 11) is 0. The highest BCUT2D eigenvalue weighted by Gasteiger charge is 2.31. The van der Waals surface area contributed by atoms with Crippen LogP contribution in [0.15, 0.2) is 91.1 Å². The number of hydrogen-bond donors (Lipinski definition) is 1. The number of halogens is 4. The first-order valence-electron chi connectivity index (χ1n) is 11.1.